The molecule has 2 aromatic heterocycles. The molecule has 0 N–H and O–H groups in total. The van der Waals surface area contributed by atoms with Crippen molar-refractivity contribution in [3.63, 3.8) is 0 Å². The molecule has 3 heterocycles. The third-order valence-electron chi connectivity index (χ3n) is 3.58. The van der Waals surface area contributed by atoms with E-state index < -0.39 is 11.8 Å². The molecule has 1 aliphatic rings. The van der Waals surface area contributed by atoms with Gasteiger partial charge in [0.05, 0.1) is 18.3 Å². The topological polar surface area (TPSA) is 73.0 Å². The van der Waals surface area contributed by atoms with Gasteiger partial charge in [-0.25, -0.2) is 14.9 Å². The van der Waals surface area contributed by atoms with Gasteiger partial charge in [-0.05, 0) is 12.1 Å². The summed E-state index contributed by atoms with van der Waals surface area (Å²) in [6, 6.07) is 8.83. The molecule has 112 valence electrons. The van der Waals surface area contributed by atoms with Gasteiger partial charge in [0.15, 0.2) is 0 Å². The summed E-state index contributed by atoms with van der Waals surface area (Å²) >= 11 is 0. The van der Waals surface area contributed by atoms with Crippen molar-refractivity contribution in [1.82, 2.24) is 19.1 Å². The molecule has 0 aliphatic carbocycles. The lowest BCUT2D eigenvalue weighted by atomic mass is 10.3. The lowest BCUT2D eigenvalue weighted by molar-refractivity contribution is -0.119. The van der Waals surface area contributed by atoms with Crippen LogP contribution in [0.1, 0.15) is 0 Å². The first-order valence-electron chi connectivity index (χ1n) is 6.92. The fraction of sp³-hybridized carbons (Fsp3) is 0. The Morgan fingerprint density at radius 1 is 0.739 bits per heavy atom. The second-order valence-corrected chi connectivity index (χ2v) is 4.92. The van der Waals surface area contributed by atoms with Gasteiger partial charge in [0.2, 0.25) is 0 Å². The average Bonchev–Trinajstić information content (AvgIpc) is 3.29. The number of anilines is 1. The van der Waals surface area contributed by atoms with Gasteiger partial charge in [-0.3, -0.25) is 18.7 Å². The number of rotatable bonds is 3. The normalized spacial score (nSPS) is 14.9. The minimum Gasteiger partial charge on any atom is -0.299 e. The van der Waals surface area contributed by atoms with Crippen LogP contribution in [0.25, 0.3) is 11.4 Å². The van der Waals surface area contributed by atoms with Gasteiger partial charge in [-0.2, -0.15) is 0 Å². The van der Waals surface area contributed by atoms with E-state index in [0.29, 0.717) is 5.69 Å². The Labute approximate surface area is 131 Å². The molecular weight excluding hydrogens is 294 g/mol. The Balaban J connectivity index is 1.91. The van der Waals surface area contributed by atoms with Crippen LogP contribution in [0.3, 0.4) is 0 Å². The molecule has 0 bridgehead atoms. The van der Waals surface area contributed by atoms with Crippen LogP contribution in [0.4, 0.5) is 5.69 Å². The smallest absolute Gasteiger partial charge is 0.284 e. The molecule has 4 rings (SSSR count). The van der Waals surface area contributed by atoms with Crippen LogP contribution < -0.4 is 4.90 Å². The molecule has 7 heteroatoms. The third-order valence-corrected chi connectivity index (χ3v) is 3.58. The zero-order valence-electron chi connectivity index (χ0n) is 11.9. The van der Waals surface area contributed by atoms with Crippen LogP contribution in [0.5, 0.6) is 0 Å². The van der Waals surface area contributed by atoms with Crippen molar-refractivity contribution in [2.45, 2.75) is 0 Å². The lowest BCUT2D eigenvalue weighted by Crippen LogP contribution is -2.32. The van der Waals surface area contributed by atoms with Gasteiger partial charge in [0.25, 0.3) is 11.8 Å². The Bertz CT molecular complexity index is 839. The monoisotopic (exact) mass is 305 g/mol. The van der Waals surface area contributed by atoms with Crippen molar-refractivity contribution in [1.29, 1.82) is 0 Å². The summed E-state index contributed by atoms with van der Waals surface area (Å²) in [5.74, 6) is -0.800. The highest BCUT2D eigenvalue weighted by Crippen LogP contribution is 2.31. The highest BCUT2D eigenvalue weighted by molar-refractivity contribution is 6.52. The van der Waals surface area contributed by atoms with Crippen molar-refractivity contribution in [2.75, 3.05) is 4.90 Å². The van der Waals surface area contributed by atoms with Crippen molar-refractivity contribution in [2.24, 2.45) is 0 Å². The zero-order valence-corrected chi connectivity index (χ0v) is 11.9. The number of carbonyl (C=O) groups excluding carboxylic acids is 2. The third kappa shape index (κ3) is 1.98. The predicted molar refractivity (Wildman–Crippen MR) is 82.8 cm³/mol. The number of hydrogen-bond acceptors (Lipinski definition) is 4. The molecule has 3 aromatic rings. The Hall–Kier alpha value is -3.48. The molecule has 0 spiro atoms. The van der Waals surface area contributed by atoms with Crippen LogP contribution >= 0.6 is 0 Å². The summed E-state index contributed by atoms with van der Waals surface area (Å²) in [7, 11) is 0. The molecule has 2 amide bonds. The van der Waals surface area contributed by atoms with E-state index in [-0.39, 0.29) is 11.4 Å². The van der Waals surface area contributed by atoms with Gasteiger partial charge in [-0.15, -0.1) is 0 Å². The number of aromatic nitrogens is 4. The van der Waals surface area contributed by atoms with E-state index in [1.807, 2.05) is 6.07 Å². The molecule has 0 atom stereocenters. The molecule has 0 fully saturated rings. The standard InChI is InChI=1S/C16H11N5O2/c22-15-13(19-8-6-17-10-19)14(20-9-7-18-11-20)16(23)21(15)12-4-2-1-3-5-12/h1-11H. The fourth-order valence-electron chi connectivity index (χ4n) is 2.57. The van der Waals surface area contributed by atoms with E-state index in [2.05, 4.69) is 9.97 Å². The highest BCUT2D eigenvalue weighted by Gasteiger charge is 2.41. The number of para-hydroxylation sites is 1. The number of imidazole rings is 2. The SMILES string of the molecule is O=C1C(n2ccnc2)=C(n2ccnc2)C(=O)N1c1ccccc1. The molecule has 0 unspecified atom stereocenters. The highest BCUT2D eigenvalue weighted by atomic mass is 16.2. The van der Waals surface area contributed by atoms with Gasteiger partial charge in [0, 0.05) is 24.8 Å². The molecule has 23 heavy (non-hydrogen) atoms. The van der Waals surface area contributed by atoms with Gasteiger partial charge < -0.3 is 0 Å². The predicted octanol–water partition coefficient (Wildman–Crippen LogP) is 1.48. The second kappa shape index (κ2) is 5.06. The maximum Gasteiger partial charge on any atom is 0.284 e. The van der Waals surface area contributed by atoms with E-state index >= 15 is 0 Å². The zero-order chi connectivity index (χ0) is 15.8. The summed E-state index contributed by atoms with van der Waals surface area (Å²) in [6.07, 6.45) is 9.36. The van der Waals surface area contributed by atoms with Crippen molar-refractivity contribution in [3.8, 4) is 0 Å². The minimum absolute atomic E-state index is 0.245. The van der Waals surface area contributed by atoms with Crippen molar-refractivity contribution >= 4 is 28.9 Å². The van der Waals surface area contributed by atoms with Gasteiger partial charge in [-0.1, -0.05) is 18.2 Å². The van der Waals surface area contributed by atoms with E-state index in [4.69, 9.17) is 0 Å². The first-order chi connectivity index (χ1) is 11.3. The maximum absolute atomic E-state index is 12.9. The Morgan fingerprint density at radius 2 is 1.26 bits per heavy atom. The average molecular weight is 305 g/mol. The number of benzene rings is 1. The van der Waals surface area contributed by atoms with Crippen LogP contribution in [0.2, 0.25) is 0 Å². The largest absolute Gasteiger partial charge is 0.299 e. The number of hydrogen-bond donors (Lipinski definition) is 0. The van der Waals surface area contributed by atoms with Gasteiger partial charge >= 0.3 is 0 Å². The number of nitrogens with zero attached hydrogens (tertiary/aromatic N) is 5. The van der Waals surface area contributed by atoms with Crippen LogP contribution in [-0.4, -0.2) is 30.9 Å². The first kappa shape index (κ1) is 13.2. The van der Waals surface area contributed by atoms with Crippen LogP contribution in [0.15, 0.2) is 67.8 Å². The summed E-state index contributed by atoms with van der Waals surface area (Å²) in [5.41, 5.74) is 1.01. The molecular formula is C16H11N5O2. The summed E-state index contributed by atoms with van der Waals surface area (Å²) in [6.45, 7) is 0. The van der Waals surface area contributed by atoms with Crippen LogP contribution in [-0.2, 0) is 9.59 Å². The van der Waals surface area contributed by atoms with Crippen LogP contribution in [0, 0.1) is 0 Å². The van der Waals surface area contributed by atoms with Crippen molar-refractivity contribution < 1.29 is 9.59 Å². The summed E-state index contributed by atoms with van der Waals surface area (Å²) in [4.78, 5) is 34.9. The first-order valence-corrected chi connectivity index (χ1v) is 6.92. The number of carbonyl (C=O) groups is 2. The molecule has 1 aromatic carbocycles. The molecule has 1 aliphatic heterocycles. The summed E-state index contributed by atoms with van der Waals surface area (Å²) in [5, 5.41) is 0. The number of imide groups is 1. The fourth-order valence-corrected chi connectivity index (χ4v) is 2.57. The molecule has 7 nitrogen and oxygen atoms in total. The van der Waals surface area contributed by atoms with E-state index in [1.54, 1.807) is 58.2 Å². The summed E-state index contributed by atoms with van der Waals surface area (Å²) < 4.78 is 3.08. The molecule has 0 saturated carbocycles. The molecule has 0 radical (unpaired) electrons. The van der Waals surface area contributed by atoms with Gasteiger partial charge in [0.1, 0.15) is 11.4 Å². The Morgan fingerprint density at radius 3 is 1.70 bits per heavy atom. The number of amides is 2. The minimum atomic E-state index is -0.400. The van der Waals surface area contributed by atoms with E-state index in [1.165, 1.54) is 12.7 Å². The quantitative estimate of drug-likeness (QED) is 0.687. The Kier molecular flexibility index (Phi) is 2.90. The van der Waals surface area contributed by atoms with Crippen molar-refractivity contribution in [3.05, 3.63) is 67.8 Å². The van der Waals surface area contributed by atoms with E-state index in [0.717, 1.165) is 4.90 Å². The maximum atomic E-state index is 12.9. The van der Waals surface area contributed by atoms with E-state index in [9.17, 15) is 9.59 Å². The lowest BCUT2D eigenvalue weighted by Gasteiger charge is -2.14. The second-order valence-electron chi connectivity index (χ2n) is 4.92. The molecule has 0 saturated heterocycles.